The molecule has 20 heavy (non-hydrogen) atoms. The molecule has 1 aliphatic rings. The maximum atomic E-state index is 12.3. The number of nitrogens with one attached hydrogen (secondary N) is 3. The Morgan fingerprint density at radius 3 is 2.95 bits per heavy atom. The van der Waals surface area contributed by atoms with Gasteiger partial charge < -0.3 is 10.1 Å². The van der Waals surface area contributed by atoms with E-state index in [1.807, 2.05) is 6.92 Å². The van der Waals surface area contributed by atoms with Crippen LogP contribution in [-0.2, 0) is 21.3 Å². The van der Waals surface area contributed by atoms with Gasteiger partial charge in [-0.05, 0) is 32.7 Å². The van der Waals surface area contributed by atoms with Crippen molar-refractivity contribution in [3.8, 4) is 0 Å². The van der Waals surface area contributed by atoms with Crippen molar-refractivity contribution in [3.05, 3.63) is 11.3 Å². The lowest BCUT2D eigenvalue weighted by Gasteiger charge is -2.22. The van der Waals surface area contributed by atoms with Crippen molar-refractivity contribution in [1.82, 2.24) is 20.2 Å². The minimum atomic E-state index is -3.58. The smallest absolute Gasteiger partial charge is 0.260 e. The normalized spacial score (nSPS) is 20.2. The van der Waals surface area contributed by atoms with Crippen molar-refractivity contribution in [2.75, 3.05) is 26.8 Å². The van der Waals surface area contributed by atoms with E-state index in [4.69, 9.17) is 4.74 Å². The molecular weight excluding hydrogens is 280 g/mol. The van der Waals surface area contributed by atoms with Crippen molar-refractivity contribution in [2.45, 2.75) is 31.3 Å². The highest BCUT2D eigenvalue weighted by molar-refractivity contribution is 7.89. The zero-order valence-corrected chi connectivity index (χ0v) is 12.7. The Labute approximate surface area is 119 Å². The second-order valence-corrected chi connectivity index (χ2v) is 6.78. The van der Waals surface area contributed by atoms with Crippen LogP contribution in [0.2, 0.25) is 0 Å². The minimum Gasteiger partial charge on any atom is -0.381 e. The molecule has 2 heterocycles. The molecule has 0 bridgehead atoms. The lowest BCUT2D eigenvalue weighted by molar-refractivity contribution is 0.0568. The zero-order chi connectivity index (χ0) is 14.6. The maximum absolute atomic E-state index is 12.3. The maximum Gasteiger partial charge on any atom is 0.260 e. The van der Waals surface area contributed by atoms with Gasteiger partial charge in [0.2, 0.25) is 0 Å². The number of nitrogens with zero attached hydrogens (tertiary/aromatic N) is 1. The molecule has 1 fully saturated rings. The first-order valence-corrected chi connectivity index (χ1v) is 8.28. The molecular formula is C12H22N4O3S. The highest BCUT2D eigenvalue weighted by atomic mass is 32.2. The summed E-state index contributed by atoms with van der Waals surface area (Å²) in [5, 5.41) is 9.70. The standard InChI is InChI=1S/C12H22N4O3S/c1-9-11(7-13-2)12(16-15-9)20(17,18)14-6-10-4-3-5-19-8-10/h10,13-14H,3-8H2,1-2H3,(H,15,16). The molecule has 1 aromatic rings. The van der Waals surface area contributed by atoms with Crippen LogP contribution < -0.4 is 10.0 Å². The Morgan fingerprint density at radius 2 is 2.30 bits per heavy atom. The summed E-state index contributed by atoms with van der Waals surface area (Å²) >= 11 is 0. The van der Waals surface area contributed by atoms with Crippen LogP contribution >= 0.6 is 0 Å². The van der Waals surface area contributed by atoms with Gasteiger partial charge >= 0.3 is 0 Å². The van der Waals surface area contributed by atoms with Crippen molar-refractivity contribution < 1.29 is 13.2 Å². The van der Waals surface area contributed by atoms with E-state index in [-0.39, 0.29) is 10.9 Å². The van der Waals surface area contributed by atoms with Gasteiger partial charge in [-0.2, -0.15) is 5.10 Å². The van der Waals surface area contributed by atoms with E-state index in [0.29, 0.717) is 25.3 Å². The molecule has 8 heteroatoms. The van der Waals surface area contributed by atoms with Crippen LogP contribution in [0.25, 0.3) is 0 Å². The molecule has 0 radical (unpaired) electrons. The molecule has 0 saturated carbocycles. The molecule has 1 aromatic heterocycles. The van der Waals surface area contributed by atoms with Gasteiger partial charge in [0, 0.05) is 31.0 Å². The van der Waals surface area contributed by atoms with Crippen LogP contribution in [0.5, 0.6) is 0 Å². The first kappa shape index (κ1) is 15.4. The topological polar surface area (TPSA) is 96.1 Å². The minimum absolute atomic E-state index is 0.0843. The molecule has 0 aliphatic carbocycles. The number of hydrogen-bond acceptors (Lipinski definition) is 5. The molecule has 1 unspecified atom stereocenters. The summed E-state index contributed by atoms with van der Waals surface area (Å²) in [4.78, 5) is 0. The van der Waals surface area contributed by atoms with E-state index >= 15 is 0 Å². The Kier molecular flexibility index (Phi) is 5.14. The van der Waals surface area contributed by atoms with Gasteiger partial charge in [0.15, 0.2) is 5.03 Å². The van der Waals surface area contributed by atoms with E-state index in [9.17, 15) is 8.42 Å². The summed E-state index contributed by atoms with van der Waals surface area (Å²) in [5.74, 6) is 0.242. The summed E-state index contributed by atoms with van der Waals surface area (Å²) in [7, 11) is -1.81. The van der Waals surface area contributed by atoms with E-state index in [0.717, 1.165) is 25.1 Å². The molecule has 7 nitrogen and oxygen atoms in total. The average molecular weight is 302 g/mol. The van der Waals surface area contributed by atoms with Gasteiger partial charge in [-0.1, -0.05) is 0 Å². The molecule has 1 atom stereocenters. The highest BCUT2D eigenvalue weighted by Crippen LogP contribution is 2.17. The van der Waals surface area contributed by atoms with E-state index in [1.165, 1.54) is 0 Å². The van der Waals surface area contributed by atoms with Crippen LogP contribution in [0, 0.1) is 12.8 Å². The third kappa shape index (κ3) is 3.57. The summed E-state index contributed by atoms with van der Waals surface area (Å²) < 4.78 is 32.6. The van der Waals surface area contributed by atoms with Crippen LogP contribution in [0.4, 0.5) is 0 Å². The van der Waals surface area contributed by atoms with Crippen molar-refractivity contribution in [3.63, 3.8) is 0 Å². The summed E-state index contributed by atoms with van der Waals surface area (Å²) in [6, 6.07) is 0. The second-order valence-electron chi connectivity index (χ2n) is 5.10. The predicted octanol–water partition coefficient (Wildman–Crippen LogP) is 0.142. The van der Waals surface area contributed by atoms with Gasteiger partial charge in [0.1, 0.15) is 0 Å². The summed E-state index contributed by atoms with van der Waals surface area (Å²) in [5.41, 5.74) is 1.45. The number of hydrogen-bond donors (Lipinski definition) is 3. The third-order valence-corrected chi connectivity index (χ3v) is 4.85. The lowest BCUT2D eigenvalue weighted by atomic mass is 10.0. The molecule has 114 valence electrons. The predicted molar refractivity (Wildman–Crippen MR) is 74.8 cm³/mol. The fraction of sp³-hybridized carbons (Fsp3) is 0.750. The second kappa shape index (κ2) is 6.66. The molecule has 0 aromatic carbocycles. The number of ether oxygens (including phenoxy) is 1. The zero-order valence-electron chi connectivity index (χ0n) is 11.9. The molecule has 3 N–H and O–H groups in total. The average Bonchev–Trinajstić information content (AvgIpc) is 2.81. The number of aryl methyl sites for hydroxylation is 1. The first-order valence-electron chi connectivity index (χ1n) is 6.80. The van der Waals surface area contributed by atoms with Crippen molar-refractivity contribution >= 4 is 10.0 Å². The Bertz CT molecular complexity index is 535. The molecule has 1 saturated heterocycles. The molecule has 0 spiro atoms. The third-order valence-electron chi connectivity index (χ3n) is 3.46. The SMILES string of the molecule is CNCc1c(S(=O)(=O)NCC2CCCOC2)n[nH]c1C. The fourth-order valence-electron chi connectivity index (χ4n) is 2.30. The van der Waals surface area contributed by atoms with Gasteiger partial charge in [-0.25, -0.2) is 13.1 Å². The highest BCUT2D eigenvalue weighted by Gasteiger charge is 2.25. The lowest BCUT2D eigenvalue weighted by Crippen LogP contribution is -2.34. The fourth-order valence-corrected chi connectivity index (χ4v) is 3.61. The molecule has 2 rings (SSSR count). The van der Waals surface area contributed by atoms with Crippen LogP contribution in [0.1, 0.15) is 24.1 Å². The van der Waals surface area contributed by atoms with E-state index in [1.54, 1.807) is 7.05 Å². The van der Waals surface area contributed by atoms with Gasteiger partial charge in [0.25, 0.3) is 10.0 Å². The van der Waals surface area contributed by atoms with E-state index < -0.39 is 10.0 Å². The number of sulfonamides is 1. The van der Waals surface area contributed by atoms with Crippen molar-refractivity contribution in [1.29, 1.82) is 0 Å². The monoisotopic (exact) mass is 302 g/mol. The van der Waals surface area contributed by atoms with Crippen LogP contribution in [0.15, 0.2) is 5.03 Å². The van der Waals surface area contributed by atoms with Gasteiger partial charge in [-0.3, -0.25) is 5.10 Å². The van der Waals surface area contributed by atoms with Crippen LogP contribution in [-0.4, -0.2) is 45.4 Å². The quantitative estimate of drug-likeness (QED) is 0.695. The number of rotatable bonds is 6. The number of aromatic amines is 1. The van der Waals surface area contributed by atoms with Crippen LogP contribution in [0.3, 0.4) is 0 Å². The number of aromatic nitrogens is 2. The summed E-state index contributed by atoms with van der Waals surface area (Å²) in [6.45, 7) is 4.06. The first-order chi connectivity index (χ1) is 9.54. The van der Waals surface area contributed by atoms with Gasteiger partial charge in [0.05, 0.1) is 6.61 Å². The molecule has 0 amide bonds. The number of H-pyrrole nitrogens is 1. The van der Waals surface area contributed by atoms with Gasteiger partial charge in [-0.15, -0.1) is 0 Å². The Hall–Kier alpha value is -0.960. The largest absolute Gasteiger partial charge is 0.381 e. The Morgan fingerprint density at radius 1 is 1.50 bits per heavy atom. The van der Waals surface area contributed by atoms with Crippen molar-refractivity contribution in [2.24, 2.45) is 5.92 Å². The Balaban J connectivity index is 2.05. The summed E-state index contributed by atoms with van der Waals surface area (Å²) in [6.07, 6.45) is 1.98. The van der Waals surface area contributed by atoms with E-state index in [2.05, 4.69) is 20.2 Å². The molecule has 1 aliphatic heterocycles.